The smallest absolute Gasteiger partial charge is 0.142 e. The maximum Gasteiger partial charge on any atom is 0.142 e. The van der Waals surface area contributed by atoms with E-state index in [1.54, 1.807) is 6.07 Å². The molecule has 1 atom stereocenters. The van der Waals surface area contributed by atoms with Crippen LogP contribution in [0.1, 0.15) is 32.4 Å². The highest BCUT2D eigenvalue weighted by atomic mass is 79.9. The van der Waals surface area contributed by atoms with Gasteiger partial charge in [0.2, 0.25) is 0 Å². The van der Waals surface area contributed by atoms with Crippen molar-refractivity contribution in [2.24, 2.45) is 0 Å². The number of thioether (sulfide) groups is 1. The van der Waals surface area contributed by atoms with Gasteiger partial charge in [-0.05, 0) is 33.8 Å². The molecule has 1 N–H and O–H groups in total. The van der Waals surface area contributed by atoms with Crippen LogP contribution in [0.5, 0.6) is 0 Å². The summed E-state index contributed by atoms with van der Waals surface area (Å²) < 4.78 is 14.5. The summed E-state index contributed by atoms with van der Waals surface area (Å²) in [6.07, 6.45) is 0. The molecule has 0 aliphatic rings. The normalized spacial score (nSPS) is 13.1. The zero-order valence-electron chi connectivity index (χ0n) is 10.5. The number of hydrogen-bond donors (Lipinski definition) is 1. The summed E-state index contributed by atoms with van der Waals surface area (Å²) in [6, 6.07) is 5.54. The van der Waals surface area contributed by atoms with E-state index in [2.05, 4.69) is 35.1 Å². The van der Waals surface area contributed by atoms with E-state index in [-0.39, 0.29) is 11.9 Å². The van der Waals surface area contributed by atoms with E-state index in [1.807, 2.05) is 30.8 Å². The van der Waals surface area contributed by atoms with Gasteiger partial charge in [0, 0.05) is 17.4 Å². The molecule has 0 saturated heterocycles. The van der Waals surface area contributed by atoms with Crippen molar-refractivity contribution in [1.29, 1.82) is 0 Å². The molecule has 1 unspecified atom stereocenters. The van der Waals surface area contributed by atoms with Crippen LogP contribution in [0, 0.1) is 5.82 Å². The SMILES string of the molecule is CCNC(CSC(C)C)c1cccc(Br)c1F. The van der Waals surface area contributed by atoms with E-state index in [0.29, 0.717) is 9.72 Å². The molecule has 1 rings (SSSR count). The summed E-state index contributed by atoms with van der Waals surface area (Å²) in [6.45, 7) is 7.20. The highest BCUT2D eigenvalue weighted by molar-refractivity contribution is 9.10. The van der Waals surface area contributed by atoms with Crippen LogP contribution in [0.25, 0.3) is 0 Å². The quantitative estimate of drug-likeness (QED) is 0.835. The Kier molecular flexibility index (Phi) is 6.52. The van der Waals surface area contributed by atoms with Crippen LogP contribution in [0.3, 0.4) is 0 Å². The van der Waals surface area contributed by atoms with Gasteiger partial charge in [-0.25, -0.2) is 4.39 Å². The third-order valence-electron chi connectivity index (χ3n) is 2.40. The molecule has 0 aromatic heterocycles. The van der Waals surface area contributed by atoms with E-state index in [9.17, 15) is 4.39 Å². The Labute approximate surface area is 116 Å². The largest absolute Gasteiger partial charge is 0.309 e. The molecule has 1 aromatic carbocycles. The average molecular weight is 320 g/mol. The fourth-order valence-electron chi connectivity index (χ4n) is 1.58. The van der Waals surface area contributed by atoms with Crippen molar-refractivity contribution in [2.45, 2.75) is 32.1 Å². The van der Waals surface area contributed by atoms with Gasteiger partial charge in [0.25, 0.3) is 0 Å². The van der Waals surface area contributed by atoms with Gasteiger partial charge in [0.05, 0.1) is 4.47 Å². The summed E-state index contributed by atoms with van der Waals surface area (Å²) in [7, 11) is 0. The molecule has 0 amide bonds. The lowest BCUT2D eigenvalue weighted by Gasteiger charge is -2.20. The lowest BCUT2D eigenvalue weighted by atomic mass is 10.1. The molecule has 0 aliphatic heterocycles. The molecule has 4 heteroatoms. The molecular weight excluding hydrogens is 301 g/mol. The molecule has 96 valence electrons. The lowest BCUT2D eigenvalue weighted by molar-refractivity contribution is 0.542. The van der Waals surface area contributed by atoms with Gasteiger partial charge in [-0.3, -0.25) is 0 Å². The Morgan fingerprint density at radius 3 is 2.71 bits per heavy atom. The first kappa shape index (κ1) is 15.0. The van der Waals surface area contributed by atoms with Gasteiger partial charge in [-0.15, -0.1) is 0 Å². The van der Waals surface area contributed by atoms with Crippen molar-refractivity contribution in [3.63, 3.8) is 0 Å². The first-order valence-corrected chi connectivity index (χ1v) is 7.69. The standard InChI is InChI=1S/C13H19BrFNS/c1-4-16-12(8-17-9(2)3)10-6-5-7-11(14)13(10)15/h5-7,9,12,16H,4,8H2,1-3H3. The van der Waals surface area contributed by atoms with Gasteiger partial charge >= 0.3 is 0 Å². The van der Waals surface area contributed by atoms with Gasteiger partial charge in [0.1, 0.15) is 5.82 Å². The van der Waals surface area contributed by atoms with Crippen molar-refractivity contribution < 1.29 is 4.39 Å². The average Bonchev–Trinajstić information content (AvgIpc) is 2.28. The Morgan fingerprint density at radius 1 is 1.41 bits per heavy atom. The zero-order chi connectivity index (χ0) is 12.8. The molecule has 0 aliphatic carbocycles. The van der Waals surface area contributed by atoms with Crippen molar-refractivity contribution in [1.82, 2.24) is 5.32 Å². The Bertz CT molecular complexity index is 357. The molecule has 17 heavy (non-hydrogen) atoms. The van der Waals surface area contributed by atoms with Crippen molar-refractivity contribution in [3.8, 4) is 0 Å². The van der Waals surface area contributed by atoms with Crippen LogP contribution < -0.4 is 5.32 Å². The molecule has 0 fully saturated rings. The first-order valence-electron chi connectivity index (χ1n) is 5.85. The number of halogens is 2. The predicted octanol–water partition coefficient (Wildman–Crippen LogP) is 4.38. The third-order valence-corrected chi connectivity index (χ3v) is 4.21. The summed E-state index contributed by atoms with van der Waals surface area (Å²) in [5.41, 5.74) is 0.745. The Balaban J connectivity index is 2.85. The monoisotopic (exact) mass is 319 g/mol. The number of nitrogens with one attached hydrogen (secondary N) is 1. The van der Waals surface area contributed by atoms with Crippen LogP contribution in [0.4, 0.5) is 4.39 Å². The van der Waals surface area contributed by atoms with E-state index in [1.165, 1.54) is 0 Å². The second-order valence-corrected chi connectivity index (χ2v) is 6.60. The molecule has 0 saturated carbocycles. The predicted molar refractivity (Wildman–Crippen MR) is 78.1 cm³/mol. The maximum atomic E-state index is 14.0. The van der Waals surface area contributed by atoms with Crippen molar-refractivity contribution in [2.75, 3.05) is 12.3 Å². The fraction of sp³-hybridized carbons (Fsp3) is 0.538. The molecule has 0 bridgehead atoms. The fourth-order valence-corrected chi connectivity index (χ4v) is 2.84. The van der Waals surface area contributed by atoms with Crippen molar-refractivity contribution >= 4 is 27.7 Å². The van der Waals surface area contributed by atoms with E-state index >= 15 is 0 Å². The highest BCUT2D eigenvalue weighted by Gasteiger charge is 2.16. The van der Waals surface area contributed by atoms with E-state index in [0.717, 1.165) is 17.9 Å². The molecule has 1 nitrogen and oxygen atoms in total. The molecular formula is C13H19BrFNS. The lowest BCUT2D eigenvalue weighted by Crippen LogP contribution is -2.24. The Morgan fingerprint density at radius 2 is 2.12 bits per heavy atom. The highest BCUT2D eigenvalue weighted by Crippen LogP contribution is 2.27. The zero-order valence-corrected chi connectivity index (χ0v) is 12.9. The Hall–Kier alpha value is -0.0600. The van der Waals surface area contributed by atoms with Crippen LogP contribution in [0.2, 0.25) is 0 Å². The van der Waals surface area contributed by atoms with Crippen LogP contribution in [-0.4, -0.2) is 17.5 Å². The van der Waals surface area contributed by atoms with Gasteiger partial charge < -0.3 is 5.32 Å². The van der Waals surface area contributed by atoms with Crippen molar-refractivity contribution in [3.05, 3.63) is 34.1 Å². The first-order chi connectivity index (χ1) is 8.06. The second kappa shape index (κ2) is 7.39. The van der Waals surface area contributed by atoms with Gasteiger partial charge in [-0.2, -0.15) is 11.8 Å². The number of hydrogen-bond acceptors (Lipinski definition) is 2. The van der Waals surface area contributed by atoms with E-state index in [4.69, 9.17) is 0 Å². The minimum Gasteiger partial charge on any atom is -0.309 e. The van der Waals surface area contributed by atoms with Crippen LogP contribution >= 0.6 is 27.7 Å². The topological polar surface area (TPSA) is 12.0 Å². The van der Waals surface area contributed by atoms with E-state index < -0.39 is 0 Å². The minimum absolute atomic E-state index is 0.0740. The summed E-state index contributed by atoms with van der Waals surface area (Å²) in [5, 5.41) is 3.90. The second-order valence-electron chi connectivity index (χ2n) is 4.14. The van der Waals surface area contributed by atoms with Gasteiger partial charge in [-0.1, -0.05) is 32.9 Å². The molecule has 1 aromatic rings. The summed E-state index contributed by atoms with van der Waals surface area (Å²) in [5.74, 6) is 0.738. The molecule has 0 spiro atoms. The maximum absolute atomic E-state index is 14.0. The molecule has 0 heterocycles. The van der Waals surface area contributed by atoms with Crippen LogP contribution in [0.15, 0.2) is 22.7 Å². The number of rotatable bonds is 6. The minimum atomic E-state index is -0.150. The summed E-state index contributed by atoms with van der Waals surface area (Å²) >= 11 is 5.08. The number of benzene rings is 1. The van der Waals surface area contributed by atoms with Crippen LogP contribution in [-0.2, 0) is 0 Å². The summed E-state index contributed by atoms with van der Waals surface area (Å²) in [4.78, 5) is 0. The van der Waals surface area contributed by atoms with Gasteiger partial charge in [0.15, 0.2) is 0 Å². The molecule has 0 radical (unpaired) electrons. The third kappa shape index (κ3) is 4.60.